The van der Waals surface area contributed by atoms with E-state index < -0.39 is 17.6 Å². The lowest BCUT2D eigenvalue weighted by atomic mass is 9.75. The molecule has 1 amide bonds. The molecule has 10 heteroatoms. The summed E-state index contributed by atoms with van der Waals surface area (Å²) in [6.07, 6.45) is -3.39. The number of carbonyl (C=O) groups excluding carboxylic acids is 1. The van der Waals surface area contributed by atoms with Crippen molar-refractivity contribution in [1.29, 1.82) is 0 Å². The van der Waals surface area contributed by atoms with Gasteiger partial charge in [-0.15, -0.1) is 5.10 Å². The van der Waals surface area contributed by atoms with Crippen LogP contribution in [0.1, 0.15) is 53.3 Å². The number of rotatable bonds is 3. The van der Waals surface area contributed by atoms with Gasteiger partial charge in [-0.3, -0.25) is 4.79 Å². The molecule has 160 valence electrons. The fraction of sp³-hybridized carbons (Fsp3) is 0.350. The number of guanidine groups is 1. The number of halogens is 3. The minimum absolute atomic E-state index is 0.00696. The molecule has 0 saturated heterocycles. The summed E-state index contributed by atoms with van der Waals surface area (Å²) < 4.78 is 44.6. The number of hydrogen-bond donors (Lipinski definition) is 3. The number of nitrogens with one attached hydrogen (secondary N) is 1. The van der Waals surface area contributed by atoms with Gasteiger partial charge in [-0.25, -0.2) is 0 Å². The van der Waals surface area contributed by atoms with Gasteiger partial charge >= 0.3 is 6.18 Å². The summed E-state index contributed by atoms with van der Waals surface area (Å²) in [7, 11) is 0. The van der Waals surface area contributed by atoms with E-state index in [0.29, 0.717) is 35.4 Å². The van der Waals surface area contributed by atoms with Gasteiger partial charge in [0.1, 0.15) is 5.76 Å². The van der Waals surface area contributed by atoms with Gasteiger partial charge in [0.15, 0.2) is 5.76 Å². The van der Waals surface area contributed by atoms with E-state index in [1.807, 2.05) is 13.8 Å². The Morgan fingerprint density at radius 3 is 2.57 bits per heavy atom. The first kappa shape index (κ1) is 21.4. The maximum atomic E-state index is 12.9. The average Bonchev–Trinajstić information content (AvgIpc) is 2.94. The molecule has 0 radical (unpaired) electrons. The quantitative estimate of drug-likeness (QED) is 0.397. The number of nitrogens with two attached hydrogens (primary N) is 2. The molecule has 3 rings (SSSR count). The van der Waals surface area contributed by atoms with Crippen LogP contribution in [0, 0.1) is 12.3 Å². The number of furan rings is 1. The minimum Gasteiger partial charge on any atom is -0.455 e. The van der Waals surface area contributed by atoms with E-state index in [1.54, 1.807) is 6.92 Å². The smallest absolute Gasteiger partial charge is 0.416 e. The predicted molar refractivity (Wildman–Crippen MR) is 107 cm³/mol. The van der Waals surface area contributed by atoms with Gasteiger partial charge in [0.2, 0.25) is 5.96 Å². The van der Waals surface area contributed by atoms with E-state index in [4.69, 9.17) is 15.9 Å². The highest BCUT2D eigenvalue weighted by atomic mass is 19.4. The maximum absolute atomic E-state index is 12.9. The number of alkyl halides is 3. The van der Waals surface area contributed by atoms with Gasteiger partial charge in [0.05, 0.1) is 11.3 Å². The van der Waals surface area contributed by atoms with Crippen LogP contribution in [0.4, 0.5) is 18.9 Å². The number of fused-ring (bicyclic) bond motifs is 1. The number of carbonyl (C=O) groups is 1. The Morgan fingerprint density at radius 1 is 1.23 bits per heavy atom. The molecular weight excluding hydrogens is 399 g/mol. The van der Waals surface area contributed by atoms with Crippen LogP contribution in [-0.2, 0) is 12.6 Å². The summed E-state index contributed by atoms with van der Waals surface area (Å²) in [6.45, 7) is 5.72. The number of amides is 1. The van der Waals surface area contributed by atoms with Crippen molar-refractivity contribution in [3.63, 3.8) is 0 Å². The van der Waals surface area contributed by atoms with Crippen molar-refractivity contribution in [2.24, 2.45) is 27.1 Å². The molecule has 0 fully saturated rings. The van der Waals surface area contributed by atoms with Crippen molar-refractivity contribution in [1.82, 2.24) is 0 Å². The monoisotopic (exact) mass is 421 g/mol. The highest BCUT2D eigenvalue weighted by Gasteiger charge is 2.36. The summed E-state index contributed by atoms with van der Waals surface area (Å²) in [5.74, 6) is -0.286. The molecule has 1 aromatic heterocycles. The summed E-state index contributed by atoms with van der Waals surface area (Å²) in [4.78, 5) is 12.8. The lowest BCUT2D eigenvalue weighted by molar-refractivity contribution is -0.137. The Bertz CT molecular complexity index is 1050. The van der Waals surface area contributed by atoms with Gasteiger partial charge in [0, 0.05) is 23.2 Å². The molecule has 0 aliphatic heterocycles. The molecule has 1 aromatic carbocycles. The van der Waals surface area contributed by atoms with E-state index in [2.05, 4.69) is 15.5 Å². The Balaban J connectivity index is 1.96. The van der Waals surface area contributed by atoms with Crippen LogP contribution < -0.4 is 16.8 Å². The van der Waals surface area contributed by atoms with Crippen LogP contribution >= 0.6 is 0 Å². The molecule has 0 unspecified atom stereocenters. The average molecular weight is 421 g/mol. The van der Waals surface area contributed by atoms with Gasteiger partial charge in [-0.2, -0.15) is 18.3 Å². The lowest BCUT2D eigenvalue weighted by Crippen LogP contribution is -2.27. The Kier molecular flexibility index (Phi) is 5.36. The number of benzene rings is 1. The van der Waals surface area contributed by atoms with E-state index >= 15 is 0 Å². The molecule has 0 saturated carbocycles. The molecule has 1 heterocycles. The largest absolute Gasteiger partial charge is 0.455 e. The second-order valence-corrected chi connectivity index (χ2v) is 7.98. The van der Waals surface area contributed by atoms with E-state index in [1.165, 1.54) is 12.1 Å². The maximum Gasteiger partial charge on any atom is 0.416 e. The second kappa shape index (κ2) is 7.51. The summed E-state index contributed by atoms with van der Waals surface area (Å²) in [5.41, 5.74) is 11.4. The molecule has 0 spiro atoms. The summed E-state index contributed by atoms with van der Waals surface area (Å²) in [5, 5.41) is 10.3. The number of nitrogens with zero attached hydrogens (tertiary/aromatic N) is 2. The van der Waals surface area contributed by atoms with Crippen molar-refractivity contribution in [3.8, 4) is 0 Å². The molecule has 0 atom stereocenters. The van der Waals surface area contributed by atoms with Crippen molar-refractivity contribution in [3.05, 3.63) is 52.5 Å². The highest BCUT2D eigenvalue weighted by molar-refractivity contribution is 6.09. The fourth-order valence-corrected chi connectivity index (χ4v) is 3.50. The lowest BCUT2D eigenvalue weighted by Gasteiger charge is -2.29. The first-order chi connectivity index (χ1) is 13.9. The van der Waals surface area contributed by atoms with Crippen molar-refractivity contribution >= 4 is 23.3 Å². The normalized spacial score (nSPS) is 16.8. The fourth-order valence-electron chi connectivity index (χ4n) is 3.50. The van der Waals surface area contributed by atoms with E-state index in [-0.39, 0.29) is 22.8 Å². The third-order valence-electron chi connectivity index (χ3n) is 4.73. The first-order valence-electron chi connectivity index (χ1n) is 9.14. The van der Waals surface area contributed by atoms with Crippen LogP contribution in [-0.4, -0.2) is 17.6 Å². The SMILES string of the molecule is Cc1c(C(=O)Nc2cccc(C(F)(F)F)c2)oc2c1/C(=N\N=C(N)N)CC(C)(C)C2. The molecule has 1 aliphatic carbocycles. The van der Waals surface area contributed by atoms with E-state index in [9.17, 15) is 18.0 Å². The van der Waals surface area contributed by atoms with E-state index in [0.717, 1.165) is 12.1 Å². The Morgan fingerprint density at radius 2 is 1.93 bits per heavy atom. The number of anilines is 1. The van der Waals surface area contributed by atoms with Crippen LogP contribution in [0.5, 0.6) is 0 Å². The molecule has 5 N–H and O–H groups in total. The first-order valence-corrected chi connectivity index (χ1v) is 9.14. The highest BCUT2D eigenvalue weighted by Crippen LogP contribution is 2.39. The molecule has 30 heavy (non-hydrogen) atoms. The third-order valence-corrected chi connectivity index (χ3v) is 4.73. The van der Waals surface area contributed by atoms with Crippen LogP contribution in [0.15, 0.2) is 38.9 Å². The van der Waals surface area contributed by atoms with Gasteiger partial charge in [-0.05, 0) is 37.0 Å². The summed E-state index contributed by atoms with van der Waals surface area (Å²) in [6, 6.07) is 4.40. The summed E-state index contributed by atoms with van der Waals surface area (Å²) >= 11 is 0. The van der Waals surface area contributed by atoms with Gasteiger partial charge in [0.25, 0.3) is 5.91 Å². The molecule has 7 nitrogen and oxygen atoms in total. The Hall–Kier alpha value is -3.30. The van der Waals surface area contributed by atoms with Gasteiger partial charge < -0.3 is 21.2 Å². The topological polar surface area (TPSA) is 119 Å². The number of hydrogen-bond acceptors (Lipinski definition) is 4. The second-order valence-electron chi connectivity index (χ2n) is 7.98. The molecule has 2 aromatic rings. The van der Waals surface area contributed by atoms with Crippen LogP contribution in [0.3, 0.4) is 0 Å². The Labute approximate surface area is 171 Å². The van der Waals surface area contributed by atoms with Crippen molar-refractivity contribution in [2.45, 2.75) is 39.8 Å². The standard InChI is InChI=1S/C20H22F3N5O2/c1-10-15-13(27-28-18(24)25)8-19(2,3)9-14(15)30-16(10)17(29)26-12-6-4-5-11(7-12)20(21,22)23/h4-7H,8-9H2,1-3H3,(H,26,29)(H4,24,25,28)/b27-13-. The van der Waals surface area contributed by atoms with Crippen molar-refractivity contribution < 1.29 is 22.4 Å². The molecular formula is C20H22F3N5O2. The van der Waals surface area contributed by atoms with Gasteiger partial charge in [-0.1, -0.05) is 19.9 Å². The molecule has 1 aliphatic rings. The third kappa shape index (κ3) is 4.47. The molecule has 0 bridgehead atoms. The van der Waals surface area contributed by atoms with Crippen molar-refractivity contribution in [2.75, 3.05) is 5.32 Å². The van der Waals surface area contributed by atoms with Crippen LogP contribution in [0.2, 0.25) is 0 Å². The zero-order valence-electron chi connectivity index (χ0n) is 16.7. The zero-order valence-corrected chi connectivity index (χ0v) is 16.7. The van der Waals surface area contributed by atoms with Crippen LogP contribution in [0.25, 0.3) is 0 Å². The predicted octanol–water partition coefficient (Wildman–Crippen LogP) is 3.81. The minimum atomic E-state index is -4.51. The zero-order chi connectivity index (χ0) is 22.3.